The highest BCUT2D eigenvalue weighted by Crippen LogP contribution is 2.45. The SMILES string of the molecule is COCCN1C(=O)NC(=O)[C@]2(Cc3ccccc3N3CCN(Cc4ccccc4)C[C@H]32)C1=O. The fraction of sp³-hybridized carbons (Fsp3) is 0.400. The lowest BCUT2D eigenvalue weighted by Crippen LogP contribution is -2.75. The number of benzene rings is 2. The van der Waals surface area contributed by atoms with Crippen LogP contribution < -0.4 is 10.2 Å². The van der Waals surface area contributed by atoms with Gasteiger partial charge in [0.15, 0.2) is 5.41 Å². The van der Waals surface area contributed by atoms with Gasteiger partial charge < -0.3 is 9.64 Å². The van der Waals surface area contributed by atoms with Gasteiger partial charge >= 0.3 is 6.03 Å². The number of fused-ring (bicyclic) bond motifs is 4. The number of para-hydroxylation sites is 1. The summed E-state index contributed by atoms with van der Waals surface area (Å²) in [6.07, 6.45) is 0.269. The van der Waals surface area contributed by atoms with Crippen molar-refractivity contribution in [1.82, 2.24) is 15.1 Å². The normalized spacial score (nSPS) is 25.1. The number of anilines is 1. The minimum atomic E-state index is -1.37. The van der Waals surface area contributed by atoms with Gasteiger partial charge in [-0.15, -0.1) is 0 Å². The van der Waals surface area contributed by atoms with Gasteiger partial charge in [-0.25, -0.2) is 4.79 Å². The van der Waals surface area contributed by atoms with Crippen LogP contribution in [0.15, 0.2) is 54.6 Å². The summed E-state index contributed by atoms with van der Waals surface area (Å²) in [5.41, 5.74) is 1.83. The number of carbonyl (C=O) groups excluding carboxylic acids is 3. The van der Waals surface area contributed by atoms with Gasteiger partial charge in [-0.05, 0) is 23.6 Å². The second-order valence-corrected chi connectivity index (χ2v) is 8.92. The molecule has 5 rings (SSSR count). The van der Waals surface area contributed by atoms with Crippen LogP contribution in [0.3, 0.4) is 0 Å². The first-order chi connectivity index (χ1) is 16.0. The molecule has 4 amide bonds. The average Bonchev–Trinajstić information content (AvgIpc) is 2.83. The number of piperazine rings is 1. The monoisotopic (exact) mass is 448 g/mol. The Balaban J connectivity index is 1.54. The van der Waals surface area contributed by atoms with Crippen molar-refractivity contribution < 1.29 is 19.1 Å². The van der Waals surface area contributed by atoms with Crippen LogP contribution in [0.5, 0.6) is 0 Å². The largest absolute Gasteiger partial charge is 0.383 e. The molecule has 3 heterocycles. The van der Waals surface area contributed by atoms with Crippen LogP contribution in [0.4, 0.5) is 10.5 Å². The molecule has 3 aliphatic rings. The minimum absolute atomic E-state index is 0.109. The van der Waals surface area contributed by atoms with E-state index in [1.54, 1.807) is 0 Å². The quantitative estimate of drug-likeness (QED) is 0.701. The fourth-order valence-corrected chi connectivity index (χ4v) is 5.44. The van der Waals surface area contributed by atoms with E-state index in [1.807, 2.05) is 36.4 Å². The second kappa shape index (κ2) is 8.61. The Bertz CT molecular complexity index is 1080. The van der Waals surface area contributed by atoms with Crippen LogP contribution in [-0.2, 0) is 27.3 Å². The number of hydrogen-bond donors (Lipinski definition) is 1. The smallest absolute Gasteiger partial charge is 0.330 e. The number of ether oxygens (including phenoxy) is 1. The summed E-state index contributed by atoms with van der Waals surface area (Å²) in [4.78, 5) is 45.6. The van der Waals surface area contributed by atoms with Crippen molar-refractivity contribution in [2.24, 2.45) is 5.41 Å². The van der Waals surface area contributed by atoms with E-state index in [-0.39, 0.29) is 25.6 Å². The van der Waals surface area contributed by atoms with Crippen LogP contribution in [0.2, 0.25) is 0 Å². The number of nitrogens with one attached hydrogen (secondary N) is 1. The number of carbonyl (C=O) groups is 3. The molecule has 2 atom stereocenters. The number of urea groups is 1. The first kappa shape index (κ1) is 21.6. The highest BCUT2D eigenvalue weighted by atomic mass is 16.5. The maximum atomic E-state index is 13.9. The van der Waals surface area contributed by atoms with E-state index < -0.39 is 23.3 Å². The number of imide groups is 2. The van der Waals surface area contributed by atoms with Crippen molar-refractivity contribution in [1.29, 1.82) is 0 Å². The molecule has 8 heteroatoms. The average molecular weight is 449 g/mol. The number of hydrogen-bond acceptors (Lipinski definition) is 6. The molecule has 1 spiro atoms. The van der Waals surface area contributed by atoms with Crippen LogP contribution >= 0.6 is 0 Å². The Morgan fingerprint density at radius 2 is 1.79 bits per heavy atom. The summed E-state index contributed by atoms with van der Waals surface area (Å²) in [6.45, 7) is 3.13. The van der Waals surface area contributed by atoms with E-state index in [9.17, 15) is 14.4 Å². The van der Waals surface area contributed by atoms with Gasteiger partial charge in [0.2, 0.25) is 11.8 Å². The first-order valence-electron chi connectivity index (χ1n) is 11.3. The molecule has 3 aliphatic heterocycles. The zero-order valence-corrected chi connectivity index (χ0v) is 18.7. The predicted molar refractivity (Wildman–Crippen MR) is 123 cm³/mol. The molecule has 8 nitrogen and oxygen atoms in total. The van der Waals surface area contributed by atoms with Crippen molar-refractivity contribution in [3.05, 3.63) is 65.7 Å². The Kier molecular flexibility index (Phi) is 5.64. The molecule has 0 aromatic heterocycles. The molecule has 0 bridgehead atoms. The Hall–Kier alpha value is -3.23. The fourth-order valence-electron chi connectivity index (χ4n) is 5.44. The highest BCUT2D eigenvalue weighted by Gasteiger charge is 2.62. The van der Waals surface area contributed by atoms with Gasteiger partial charge in [-0.2, -0.15) is 0 Å². The zero-order chi connectivity index (χ0) is 23.0. The molecule has 0 radical (unpaired) electrons. The van der Waals surface area contributed by atoms with Crippen LogP contribution in [-0.4, -0.2) is 73.6 Å². The summed E-state index contributed by atoms with van der Waals surface area (Å²) in [5, 5.41) is 2.48. The zero-order valence-electron chi connectivity index (χ0n) is 18.7. The van der Waals surface area contributed by atoms with Gasteiger partial charge in [0.25, 0.3) is 0 Å². The van der Waals surface area contributed by atoms with Gasteiger partial charge in [-0.1, -0.05) is 48.5 Å². The van der Waals surface area contributed by atoms with E-state index >= 15 is 0 Å². The number of nitrogens with zero attached hydrogens (tertiary/aromatic N) is 3. The number of amides is 4. The summed E-state index contributed by atoms with van der Waals surface area (Å²) in [5.74, 6) is -0.934. The van der Waals surface area contributed by atoms with Crippen LogP contribution in [0.25, 0.3) is 0 Å². The van der Waals surface area contributed by atoms with E-state index in [0.29, 0.717) is 13.1 Å². The van der Waals surface area contributed by atoms with Gasteiger partial charge in [-0.3, -0.25) is 24.7 Å². The lowest BCUT2D eigenvalue weighted by Gasteiger charge is -2.55. The topological polar surface area (TPSA) is 82.2 Å². The van der Waals surface area contributed by atoms with E-state index in [4.69, 9.17) is 4.74 Å². The molecule has 2 saturated heterocycles. The number of rotatable bonds is 5. The lowest BCUT2D eigenvalue weighted by molar-refractivity contribution is -0.155. The summed E-state index contributed by atoms with van der Waals surface area (Å²) >= 11 is 0. The summed E-state index contributed by atoms with van der Waals surface area (Å²) in [6, 6.07) is 17.1. The minimum Gasteiger partial charge on any atom is -0.383 e. The molecular formula is C25H28N4O4. The molecule has 2 aromatic carbocycles. The molecule has 172 valence electrons. The van der Waals surface area contributed by atoms with Crippen LogP contribution in [0.1, 0.15) is 11.1 Å². The second-order valence-electron chi connectivity index (χ2n) is 8.92. The summed E-state index contributed by atoms with van der Waals surface area (Å²) in [7, 11) is 1.52. The van der Waals surface area contributed by atoms with Crippen molar-refractivity contribution in [2.45, 2.75) is 19.0 Å². The van der Waals surface area contributed by atoms with Crippen molar-refractivity contribution in [2.75, 3.05) is 44.8 Å². The van der Waals surface area contributed by atoms with Gasteiger partial charge in [0.1, 0.15) is 0 Å². The Morgan fingerprint density at radius 1 is 1.03 bits per heavy atom. The van der Waals surface area contributed by atoms with E-state index in [2.05, 4.69) is 33.3 Å². The van der Waals surface area contributed by atoms with Crippen LogP contribution in [0, 0.1) is 5.41 Å². The molecule has 33 heavy (non-hydrogen) atoms. The lowest BCUT2D eigenvalue weighted by atomic mass is 9.67. The standard InChI is InChI=1S/C25H28N4O4/c1-33-14-13-29-23(31)25(22(30)26-24(29)32)15-19-9-5-6-10-20(19)28-12-11-27(17-21(25)28)16-18-7-3-2-4-8-18/h2-10,21H,11-17H2,1H3,(H,26,30,32)/t21-,25+/m0/s1. The van der Waals surface area contributed by atoms with Gasteiger partial charge in [0.05, 0.1) is 19.2 Å². The maximum Gasteiger partial charge on any atom is 0.330 e. The maximum absolute atomic E-state index is 13.9. The summed E-state index contributed by atoms with van der Waals surface area (Å²) < 4.78 is 5.11. The number of barbiturate groups is 1. The van der Waals surface area contributed by atoms with E-state index in [1.165, 1.54) is 12.7 Å². The molecule has 0 unspecified atom stereocenters. The first-order valence-corrected chi connectivity index (χ1v) is 11.3. The van der Waals surface area contributed by atoms with Crippen molar-refractivity contribution in [3.63, 3.8) is 0 Å². The third kappa shape index (κ3) is 3.59. The van der Waals surface area contributed by atoms with Crippen molar-refractivity contribution in [3.8, 4) is 0 Å². The molecule has 1 N–H and O–H groups in total. The molecule has 2 fully saturated rings. The molecular weight excluding hydrogens is 420 g/mol. The highest BCUT2D eigenvalue weighted by molar-refractivity contribution is 6.20. The Morgan fingerprint density at radius 3 is 2.58 bits per heavy atom. The van der Waals surface area contributed by atoms with Crippen molar-refractivity contribution >= 4 is 23.5 Å². The predicted octanol–water partition coefficient (Wildman–Crippen LogP) is 1.64. The molecule has 0 aliphatic carbocycles. The third-order valence-corrected chi connectivity index (χ3v) is 7.07. The van der Waals surface area contributed by atoms with Gasteiger partial charge in [0, 0.05) is 39.0 Å². The third-order valence-electron chi connectivity index (χ3n) is 7.07. The molecule has 0 saturated carbocycles. The van der Waals surface area contributed by atoms with E-state index in [0.717, 1.165) is 29.2 Å². The number of methoxy groups -OCH3 is 1. The Labute approximate surface area is 193 Å². The molecule has 2 aromatic rings.